The molecule has 0 saturated carbocycles. The van der Waals surface area contributed by atoms with Gasteiger partial charge in [-0.1, -0.05) is 0 Å². The fourth-order valence-corrected chi connectivity index (χ4v) is 2.65. The van der Waals surface area contributed by atoms with Gasteiger partial charge in [-0.3, -0.25) is 15.1 Å². The Morgan fingerprint density at radius 3 is 2.90 bits per heavy atom. The number of amidine groups is 1. The molecule has 9 nitrogen and oxygen atoms in total. The first-order chi connectivity index (χ1) is 10.0. The lowest BCUT2D eigenvalue weighted by Gasteiger charge is -2.44. The fourth-order valence-electron chi connectivity index (χ4n) is 2.65. The maximum atomic E-state index is 11.9. The van der Waals surface area contributed by atoms with Gasteiger partial charge in [0.2, 0.25) is 0 Å². The highest BCUT2D eigenvalue weighted by Gasteiger charge is 2.62. The van der Waals surface area contributed by atoms with Crippen LogP contribution in [-0.2, 0) is 9.53 Å². The second kappa shape index (κ2) is 3.62. The summed E-state index contributed by atoms with van der Waals surface area (Å²) in [6, 6.07) is 4.26. The third-order valence-electron chi connectivity index (χ3n) is 3.69. The molecule has 0 amide bonds. The van der Waals surface area contributed by atoms with E-state index in [9.17, 15) is 14.9 Å². The van der Waals surface area contributed by atoms with E-state index in [1.54, 1.807) is 17.0 Å². The number of hydrogen-bond acceptors (Lipinski definition) is 8. The number of non-ortho nitro benzene ring substituents is 1. The summed E-state index contributed by atoms with van der Waals surface area (Å²) < 4.78 is 10.6. The van der Waals surface area contributed by atoms with E-state index in [1.807, 2.05) is 0 Å². The van der Waals surface area contributed by atoms with E-state index in [1.165, 1.54) is 18.2 Å². The van der Waals surface area contributed by atoms with Gasteiger partial charge in [0.15, 0.2) is 5.84 Å². The zero-order valence-electron chi connectivity index (χ0n) is 11.0. The van der Waals surface area contributed by atoms with Crippen molar-refractivity contribution in [3.05, 3.63) is 28.3 Å². The van der Waals surface area contributed by atoms with Crippen LogP contribution in [-0.4, -0.2) is 47.7 Å². The van der Waals surface area contributed by atoms with Gasteiger partial charge in [0.25, 0.3) is 11.3 Å². The molecule has 0 bridgehead atoms. The first kappa shape index (κ1) is 11.9. The van der Waals surface area contributed by atoms with Crippen molar-refractivity contribution in [3.63, 3.8) is 0 Å². The Hall–Kier alpha value is -2.84. The number of rotatable bonds is 1. The number of esters is 1. The average molecular weight is 290 g/mol. The lowest BCUT2D eigenvalue weighted by molar-refractivity contribution is -0.384. The van der Waals surface area contributed by atoms with Gasteiger partial charge < -0.3 is 14.4 Å². The molecule has 1 fully saturated rings. The highest BCUT2D eigenvalue weighted by Crippen LogP contribution is 2.44. The van der Waals surface area contributed by atoms with Crippen LogP contribution in [0.4, 0.5) is 11.4 Å². The molecule has 1 spiro atoms. The maximum Gasteiger partial charge on any atom is 0.362 e. The number of hydrogen-bond donors (Lipinski definition) is 0. The van der Waals surface area contributed by atoms with Gasteiger partial charge >= 0.3 is 5.97 Å². The average Bonchev–Trinajstić information content (AvgIpc) is 2.86. The summed E-state index contributed by atoms with van der Waals surface area (Å²) in [4.78, 5) is 24.1. The van der Waals surface area contributed by atoms with Crippen molar-refractivity contribution in [1.82, 2.24) is 5.01 Å². The lowest BCUT2D eigenvalue weighted by Crippen LogP contribution is -2.69. The number of carbonyl (C=O) groups is 1. The van der Waals surface area contributed by atoms with Gasteiger partial charge in [-0.25, -0.2) is 4.79 Å². The van der Waals surface area contributed by atoms with E-state index in [4.69, 9.17) is 9.47 Å². The summed E-state index contributed by atoms with van der Waals surface area (Å²) in [5.41, 5.74) is -0.746. The van der Waals surface area contributed by atoms with Crippen LogP contribution in [0.5, 0.6) is 5.75 Å². The summed E-state index contributed by atoms with van der Waals surface area (Å²) in [6.45, 7) is 0.479. The van der Waals surface area contributed by atoms with Crippen LogP contribution < -0.4 is 9.64 Å². The standard InChI is InChI=1S/C12H10N4O5/c1-14-6-15-8-4-7(16(18)19)2-3-9(8)21-12(10(15)13-14)5-20-11(12)17/h2-4H,5-6H2,1H3. The third-order valence-corrected chi connectivity index (χ3v) is 3.69. The summed E-state index contributed by atoms with van der Waals surface area (Å²) in [7, 11) is 1.75. The van der Waals surface area contributed by atoms with E-state index in [2.05, 4.69) is 5.10 Å². The fraction of sp³-hybridized carbons (Fsp3) is 0.333. The molecule has 1 unspecified atom stereocenters. The van der Waals surface area contributed by atoms with Gasteiger partial charge in [-0.2, -0.15) is 5.10 Å². The van der Waals surface area contributed by atoms with E-state index in [0.29, 0.717) is 23.9 Å². The van der Waals surface area contributed by atoms with Crippen molar-refractivity contribution >= 4 is 23.2 Å². The molecule has 0 aliphatic carbocycles. The molecular weight excluding hydrogens is 280 g/mol. The lowest BCUT2D eigenvalue weighted by atomic mass is 9.95. The highest BCUT2D eigenvalue weighted by molar-refractivity contribution is 6.21. The Bertz CT molecular complexity index is 718. The minimum absolute atomic E-state index is 0.0432. The Kier molecular flexibility index (Phi) is 2.06. The molecule has 1 aromatic carbocycles. The number of nitrogens with zero attached hydrogens (tertiary/aromatic N) is 4. The molecule has 3 heterocycles. The quantitative estimate of drug-likeness (QED) is 0.417. The molecular formula is C12H10N4O5. The van der Waals surface area contributed by atoms with Crippen molar-refractivity contribution in [2.24, 2.45) is 5.10 Å². The van der Waals surface area contributed by atoms with Crippen LogP contribution in [0.1, 0.15) is 0 Å². The Morgan fingerprint density at radius 2 is 2.29 bits per heavy atom. The predicted octanol–water partition coefficient (Wildman–Crippen LogP) is 0.306. The topological polar surface area (TPSA) is 97.5 Å². The summed E-state index contributed by atoms with van der Waals surface area (Å²) in [6.07, 6.45) is 0. The van der Waals surface area contributed by atoms with Crippen LogP contribution in [0.2, 0.25) is 0 Å². The summed E-state index contributed by atoms with van der Waals surface area (Å²) in [5.74, 6) is 0.325. The molecule has 0 aromatic heterocycles. The van der Waals surface area contributed by atoms with Gasteiger partial charge in [-0.15, -0.1) is 0 Å². The molecule has 1 aromatic rings. The number of carbonyl (C=O) groups excluding carboxylic acids is 1. The molecule has 0 radical (unpaired) electrons. The zero-order valence-corrected chi connectivity index (χ0v) is 11.0. The van der Waals surface area contributed by atoms with Crippen molar-refractivity contribution < 1.29 is 19.2 Å². The number of nitro groups is 1. The number of ether oxygens (including phenoxy) is 2. The zero-order chi connectivity index (χ0) is 14.8. The largest absolute Gasteiger partial charge is 0.462 e. The van der Waals surface area contributed by atoms with E-state index in [0.717, 1.165) is 0 Å². The normalized spacial score (nSPS) is 25.6. The Morgan fingerprint density at radius 1 is 1.48 bits per heavy atom. The van der Waals surface area contributed by atoms with Crippen LogP contribution in [0.25, 0.3) is 0 Å². The van der Waals surface area contributed by atoms with Crippen molar-refractivity contribution in [3.8, 4) is 5.75 Å². The van der Waals surface area contributed by atoms with Crippen LogP contribution in [0.3, 0.4) is 0 Å². The van der Waals surface area contributed by atoms with Gasteiger partial charge in [0.1, 0.15) is 19.0 Å². The number of anilines is 1. The first-order valence-electron chi connectivity index (χ1n) is 6.24. The highest BCUT2D eigenvalue weighted by atomic mass is 16.6. The molecule has 0 N–H and O–H groups in total. The van der Waals surface area contributed by atoms with E-state index in [-0.39, 0.29) is 12.3 Å². The minimum atomic E-state index is -1.23. The summed E-state index contributed by atoms with van der Waals surface area (Å²) >= 11 is 0. The maximum absolute atomic E-state index is 11.9. The third kappa shape index (κ3) is 1.40. The molecule has 3 aliphatic heterocycles. The van der Waals surface area contributed by atoms with Crippen molar-refractivity contribution in [2.75, 3.05) is 25.2 Å². The molecule has 4 rings (SSSR count). The van der Waals surface area contributed by atoms with Crippen molar-refractivity contribution in [2.45, 2.75) is 5.60 Å². The summed E-state index contributed by atoms with van der Waals surface area (Å²) in [5, 5.41) is 16.9. The van der Waals surface area contributed by atoms with Gasteiger partial charge in [0, 0.05) is 19.2 Å². The predicted molar refractivity (Wildman–Crippen MR) is 70.0 cm³/mol. The number of cyclic esters (lactones) is 1. The van der Waals surface area contributed by atoms with Crippen LogP contribution in [0, 0.1) is 10.1 Å². The monoisotopic (exact) mass is 290 g/mol. The van der Waals surface area contributed by atoms with Crippen LogP contribution in [0.15, 0.2) is 23.3 Å². The second-order valence-electron chi connectivity index (χ2n) is 5.07. The van der Waals surface area contributed by atoms with Crippen LogP contribution >= 0.6 is 0 Å². The number of fused-ring (bicyclic) bond motifs is 4. The molecule has 3 aliphatic rings. The molecule has 1 atom stereocenters. The van der Waals surface area contributed by atoms with E-state index < -0.39 is 16.5 Å². The Balaban J connectivity index is 1.88. The minimum Gasteiger partial charge on any atom is -0.462 e. The molecule has 21 heavy (non-hydrogen) atoms. The second-order valence-corrected chi connectivity index (χ2v) is 5.07. The molecule has 108 valence electrons. The number of hydrazone groups is 1. The Labute approximate surface area is 118 Å². The van der Waals surface area contributed by atoms with Crippen molar-refractivity contribution in [1.29, 1.82) is 0 Å². The molecule has 9 heteroatoms. The SMILES string of the molecule is CN1CN2C(=N1)C1(COC1=O)Oc1ccc([N+](=O)[O-])cc12. The first-order valence-corrected chi connectivity index (χ1v) is 6.24. The smallest absolute Gasteiger partial charge is 0.362 e. The van der Waals surface area contributed by atoms with Gasteiger partial charge in [-0.05, 0) is 6.07 Å². The number of benzene rings is 1. The molecule has 1 saturated heterocycles. The van der Waals surface area contributed by atoms with E-state index >= 15 is 0 Å². The number of nitro benzene ring substituents is 1. The van der Waals surface area contributed by atoms with Gasteiger partial charge in [0.05, 0.1) is 10.6 Å².